The van der Waals surface area contributed by atoms with Gasteiger partial charge < -0.3 is 20.9 Å². The van der Waals surface area contributed by atoms with Crippen LogP contribution in [0.15, 0.2) is 42.5 Å². The van der Waals surface area contributed by atoms with Gasteiger partial charge in [0.25, 0.3) is 5.91 Å². The van der Waals surface area contributed by atoms with E-state index >= 15 is 0 Å². The maximum atomic E-state index is 13.4. The molecule has 0 radical (unpaired) electrons. The number of benzene rings is 2. The molecule has 2 aromatic carbocycles. The number of anilines is 1. The quantitative estimate of drug-likeness (QED) is 0.523. The van der Waals surface area contributed by atoms with E-state index in [1.54, 1.807) is 37.3 Å². The average molecular weight is 455 g/mol. The van der Waals surface area contributed by atoms with E-state index in [1.807, 2.05) is 0 Å². The third-order valence-corrected chi connectivity index (χ3v) is 5.55. The van der Waals surface area contributed by atoms with Crippen LogP contribution in [0.3, 0.4) is 0 Å². The lowest BCUT2D eigenvalue weighted by molar-refractivity contribution is 0.0688. The van der Waals surface area contributed by atoms with Crippen molar-refractivity contribution in [3.05, 3.63) is 76.4 Å². The molecule has 1 aliphatic heterocycles. The van der Waals surface area contributed by atoms with Crippen LogP contribution in [-0.4, -0.2) is 40.0 Å². The summed E-state index contributed by atoms with van der Waals surface area (Å²) in [5, 5.41) is 16.9. The standard InChI is InChI=1S/C23H23FN4O4.CH4/c1-13-2-5-16(24)10-18(13)22(29)26-11-14-3-6-17(7-4-14)28-21(23(30)31)19(25)20(27-28)15-8-9-32-12-15;/h2-7,10,15H,8-9,11-12,25H2,1H3,(H,26,29)(H,30,31);1H4. The molecule has 1 saturated heterocycles. The SMILES string of the molecule is C.Cc1ccc(F)cc1C(=O)NCc1ccc(-n2nc(C3CCOC3)c(N)c2C(=O)O)cc1. The number of carboxylic acid groups (broad SMARTS) is 1. The van der Waals surface area contributed by atoms with E-state index in [-0.39, 0.29) is 42.7 Å². The number of nitrogens with two attached hydrogens (primary N) is 1. The highest BCUT2D eigenvalue weighted by atomic mass is 19.1. The van der Waals surface area contributed by atoms with Crippen molar-refractivity contribution in [2.75, 3.05) is 18.9 Å². The smallest absolute Gasteiger partial charge is 0.356 e. The van der Waals surface area contributed by atoms with Gasteiger partial charge in [0.2, 0.25) is 0 Å². The highest BCUT2D eigenvalue weighted by Crippen LogP contribution is 2.32. The Bertz CT molecular complexity index is 1170. The lowest BCUT2D eigenvalue weighted by atomic mass is 10.0. The predicted molar refractivity (Wildman–Crippen MR) is 122 cm³/mol. The number of halogens is 1. The number of aromatic nitrogens is 2. The summed E-state index contributed by atoms with van der Waals surface area (Å²) >= 11 is 0. The minimum absolute atomic E-state index is 0. The first-order valence-corrected chi connectivity index (χ1v) is 10.2. The third-order valence-electron chi connectivity index (χ3n) is 5.55. The van der Waals surface area contributed by atoms with Gasteiger partial charge in [0, 0.05) is 24.6 Å². The van der Waals surface area contributed by atoms with E-state index in [0.29, 0.717) is 30.2 Å². The lowest BCUT2D eigenvalue weighted by Crippen LogP contribution is -2.23. The monoisotopic (exact) mass is 454 g/mol. The molecule has 9 heteroatoms. The molecule has 0 aliphatic carbocycles. The molecule has 8 nitrogen and oxygen atoms in total. The molecule has 174 valence electrons. The summed E-state index contributed by atoms with van der Waals surface area (Å²) in [7, 11) is 0. The summed E-state index contributed by atoms with van der Waals surface area (Å²) in [5.74, 6) is -2.04. The molecule has 1 unspecified atom stereocenters. The number of rotatable bonds is 6. The number of hydrogen-bond donors (Lipinski definition) is 3. The van der Waals surface area contributed by atoms with Crippen molar-refractivity contribution in [2.45, 2.75) is 33.2 Å². The number of hydrogen-bond acceptors (Lipinski definition) is 5. The Morgan fingerprint density at radius 1 is 1.27 bits per heavy atom. The number of carbonyl (C=O) groups excluding carboxylic acids is 1. The number of aryl methyl sites for hydroxylation is 1. The minimum Gasteiger partial charge on any atom is -0.476 e. The fourth-order valence-corrected chi connectivity index (χ4v) is 3.76. The molecule has 1 atom stereocenters. The second-order valence-electron chi connectivity index (χ2n) is 7.73. The summed E-state index contributed by atoms with van der Waals surface area (Å²) in [6.45, 7) is 3.02. The van der Waals surface area contributed by atoms with Gasteiger partial charge in [-0.1, -0.05) is 25.6 Å². The first-order chi connectivity index (χ1) is 15.3. The number of nitrogens with zero attached hydrogens (tertiary/aromatic N) is 2. The van der Waals surface area contributed by atoms with Gasteiger partial charge in [-0.05, 0) is 48.7 Å². The Hall–Kier alpha value is -3.72. The average Bonchev–Trinajstić information content (AvgIpc) is 3.42. The van der Waals surface area contributed by atoms with E-state index in [9.17, 15) is 19.1 Å². The summed E-state index contributed by atoms with van der Waals surface area (Å²) in [6, 6.07) is 11.0. The van der Waals surface area contributed by atoms with Gasteiger partial charge in [-0.15, -0.1) is 0 Å². The third kappa shape index (κ3) is 4.88. The van der Waals surface area contributed by atoms with Gasteiger partial charge >= 0.3 is 5.97 Å². The van der Waals surface area contributed by atoms with E-state index in [4.69, 9.17) is 10.5 Å². The van der Waals surface area contributed by atoms with Crippen LogP contribution in [0.2, 0.25) is 0 Å². The Balaban J connectivity index is 0.00000306. The molecule has 1 aliphatic rings. The van der Waals surface area contributed by atoms with Gasteiger partial charge in [0.15, 0.2) is 5.69 Å². The zero-order valence-corrected chi connectivity index (χ0v) is 17.5. The van der Waals surface area contributed by atoms with Gasteiger partial charge in [0.05, 0.1) is 23.7 Å². The van der Waals surface area contributed by atoms with Crippen molar-refractivity contribution >= 4 is 17.6 Å². The first kappa shape index (κ1) is 23.9. The topological polar surface area (TPSA) is 119 Å². The van der Waals surface area contributed by atoms with E-state index in [0.717, 1.165) is 12.0 Å². The number of amides is 1. The summed E-state index contributed by atoms with van der Waals surface area (Å²) < 4.78 is 20.2. The molecular formula is C24H27FN4O4. The van der Waals surface area contributed by atoms with Crippen molar-refractivity contribution in [2.24, 2.45) is 0 Å². The highest BCUT2D eigenvalue weighted by Gasteiger charge is 2.29. The largest absolute Gasteiger partial charge is 0.476 e. The minimum atomic E-state index is -1.16. The summed E-state index contributed by atoms with van der Waals surface area (Å²) in [5.41, 5.74) is 8.99. The van der Waals surface area contributed by atoms with Crippen LogP contribution in [-0.2, 0) is 11.3 Å². The Labute approximate surface area is 191 Å². The molecule has 1 amide bonds. The molecule has 0 spiro atoms. The molecular weight excluding hydrogens is 427 g/mol. The number of nitrogens with one attached hydrogen (secondary N) is 1. The van der Waals surface area contributed by atoms with E-state index in [2.05, 4.69) is 10.4 Å². The van der Waals surface area contributed by atoms with Crippen LogP contribution in [0.5, 0.6) is 0 Å². The van der Waals surface area contributed by atoms with Gasteiger partial charge in [0.1, 0.15) is 5.82 Å². The van der Waals surface area contributed by atoms with Crippen LogP contribution in [0, 0.1) is 12.7 Å². The normalized spacial score (nSPS) is 15.2. The molecule has 4 rings (SSSR count). The fourth-order valence-electron chi connectivity index (χ4n) is 3.76. The number of carboxylic acids is 1. The Kier molecular flexibility index (Phi) is 7.13. The van der Waals surface area contributed by atoms with E-state index < -0.39 is 11.8 Å². The van der Waals surface area contributed by atoms with Crippen LogP contribution < -0.4 is 11.1 Å². The molecule has 0 saturated carbocycles. The Morgan fingerprint density at radius 2 is 2.00 bits per heavy atom. The van der Waals surface area contributed by atoms with Crippen molar-refractivity contribution in [3.8, 4) is 5.69 Å². The van der Waals surface area contributed by atoms with Crippen molar-refractivity contribution < 1.29 is 23.8 Å². The van der Waals surface area contributed by atoms with Crippen LogP contribution in [0.1, 0.15) is 57.4 Å². The second-order valence-corrected chi connectivity index (χ2v) is 7.73. The summed E-state index contributed by atoms with van der Waals surface area (Å²) in [4.78, 5) is 24.2. The van der Waals surface area contributed by atoms with Crippen molar-refractivity contribution in [3.63, 3.8) is 0 Å². The Morgan fingerprint density at radius 3 is 2.64 bits per heavy atom. The highest BCUT2D eigenvalue weighted by molar-refractivity contribution is 5.95. The lowest BCUT2D eigenvalue weighted by Gasteiger charge is -2.09. The number of carbonyl (C=O) groups is 2. The van der Waals surface area contributed by atoms with Crippen molar-refractivity contribution in [1.82, 2.24) is 15.1 Å². The zero-order valence-electron chi connectivity index (χ0n) is 17.5. The predicted octanol–water partition coefficient (Wildman–Crippen LogP) is 3.67. The van der Waals surface area contributed by atoms with Gasteiger partial charge in [-0.2, -0.15) is 5.10 Å². The number of aromatic carboxylic acids is 1. The molecule has 3 aromatic rings. The van der Waals surface area contributed by atoms with Crippen LogP contribution in [0.4, 0.5) is 10.1 Å². The number of nitrogen functional groups attached to an aromatic ring is 1. The fraction of sp³-hybridized carbons (Fsp3) is 0.292. The maximum absolute atomic E-state index is 13.4. The first-order valence-electron chi connectivity index (χ1n) is 10.2. The van der Waals surface area contributed by atoms with Crippen molar-refractivity contribution in [1.29, 1.82) is 0 Å². The van der Waals surface area contributed by atoms with Gasteiger partial charge in [-0.3, -0.25) is 4.79 Å². The molecule has 33 heavy (non-hydrogen) atoms. The summed E-state index contributed by atoms with van der Waals surface area (Å²) in [6.07, 6.45) is 0.740. The number of ether oxygens (including phenoxy) is 1. The second kappa shape index (κ2) is 9.83. The van der Waals surface area contributed by atoms with Gasteiger partial charge in [-0.25, -0.2) is 13.9 Å². The zero-order chi connectivity index (χ0) is 22.8. The maximum Gasteiger partial charge on any atom is 0.356 e. The molecule has 1 fully saturated rings. The van der Waals surface area contributed by atoms with Crippen LogP contribution in [0.25, 0.3) is 5.69 Å². The van der Waals surface area contributed by atoms with E-state index in [1.165, 1.54) is 16.8 Å². The molecule has 2 heterocycles. The molecule has 0 bridgehead atoms. The molecule has 4 N–H and O–H groups in total. The van der Waals surface area contributed by atoms with Crippen LogP contribution >= 0.6 is 0 Å². The molecule has 1 aromatic heterocycles.